The number of carboxylic acid groups (broad SMARTS) is 1. The zero-order valence-electron chi connectivity index (χ0n) is 10.6. The Labute approximate surface area is 101 Å². The third kappa shape index (κ3) is 2.52. The van der Waals surface area contributed by atoms with E-state index in [0.717, 1.165) is 11.1 Å². The average molecular weight is 238 g/mol. The second kappa shape index (κ2) is 5.57. The molecule has 0 heterocycles. The van der Waals surface area contributed by atoms with Gasteiger partial charge in [0, 0.05) is 5.56 Å². The molecule has 0 spiro atoms. The van der Waals surface area contributed by atoms with Crippen molar-refractivity contribution in [3.8, 4) is 11.5 Å². The number of hydrogen-bond acceptors (Lipinski definition) is 3. The molecule has 1 rings (SSSR count). The van der Waals surface area contributed by atoms with Crippen molar-refractivity contribution in [1.29, 1.82) is 0 Å². The van der Waals surface area contributed by atoms with Crippen molar-refractivity contribution < 1.29 is 19.4 Å². The molecule has 0 aromatic heterocycles. The van der Waals surface area contributed by atoms with Gasteiger partial charge in [0.15, 0.2) is 11.5 Å². The molecule has 0 bridgehead atoms. The van der Waals surface area contributed by atoms with Crippen LogP contribution in [0.4, 0.5) is 0 Å². The average Bonchev–Trinajstić information content (AvgIpc) is 2.35. The van der Waals surface area contributed by atoms with Gasteiger partial charge in [0.1, 0.15) is 0 Å². The van der Waals surface area contributed by atoms with Crippen LogP contribution in [0.2, 0.25) is 0 Å². The summed E-state index contributed by atoms with van der Waals surface area (Å²) in [7, 11) is 3.13. The van der Waals surface area contributed by atoms with Crippen LogP contribution in [0.25, 0.3) is 0 Å². The van der Waals surface area contributed by atoms with Gasteiger partial charge in [-0.2, -0.15) is 0 Å². The molecule has 0 fully saturated rings. The maximum atomic E-state index is 11.0. The number of rotatable bonds is 5. The second-order valence-corrected chi connectivity index (χ2v) is 3.78. The summed E-state index contributed by atoms with van der Waals surface area (Å²) in [6, 6.07) is 3.53. The Balaban J connectivity index is 3.37. The largest absolute Gasteiger partial charge is 0.493 e. The van der Waals surface area contributed by atoms with Gasteiger partial charge < -0.3 is 14.6 Å². The van der Waals surface area contributed by atoms with Crippen LogP contribution >= 0.6 is 0 Å². The van der Waals surface area contributed by atoms with Gasteiger partial charge in [-0.1, -0.05) is 13.0 Å². The predicted molar refractivity (Wildman–Crippen MR) is 65.0 cm³/mol. The minimum Gasteiger partial charge on any atom is -0.493 e. The topological polar surface area (TPSA) is 55.8 Å². The normalized spacial score (nSPS) is 12.0. The summed E-state index contributed by atoms with van der Waals surface area (Å²) < 4.78 is 10.5. The molecule has 0 amide bonds. The van der Waals surface area contributed by atoms with Gasteiger partial charge in [-0.05, 0) is 25.0 Å². The molecule has 0 aliphatic carbocycles. The molecule has 17 heavy (non-hydrogen) atoms. The molecular weight excluding hydrogens is 220 g/mol. The minimum absolute atomic E-state index is 0.551. The highest BCUT2D eigenvalue weighted by Gasteiger charge is 2.21. The lowest BCUT2D eigenvalue weighted by Crippen LogP contribution is -2.11. The summed E-state index contributed by atoms with van der Waals surface area (Å²) in [5.74, 6) is -0.136. The lowest BCUT2D eigenvalue weighted by Gasteiger charge is -2.18. The summed E-state index contributed by atoms with van der Waals surface area (Å²) in [4.78, 5) is 11.0. The van der Waals surface area contributed by atoms with Crippen LogP contribution in [0, 0.1) is 0 Å². The number of ether oxygens (including phenoxy) is 2. The number of carbonyl (C=O) groups is 1. The number of carboxylic acids is 1. The van der Waals surface area contributed by atoms with Crippen LogP contribution < -0.4 is 9.47 Å². The van der Waals surface area contributed by atoms with E-state index in [1.165, 1.54) is 0 Å². The van der Waals surface area contributed by atoms with Gasteiger partial charge in [-0.25, -0.2) is 0 Å². The van der Waals surface area contributed by atoms with Crippen molar-refractivity contribution in [3.05, 3.63) is 23.3 Å². The molecule has 0 saturated carbocycles. The Morgan fingerprint density at radius 2 is 2.00 bits per heavy atom. The van der Waals surface area contributed by atoms with Crippen LogP contribution in [0.15, 0.2) is 12.1 Å². The van der Waals surface area contributed by atoms with Gasteiger partial charge in [0.2, 0.25) is 0 Å². The number of hydrogen-bond donors (Lipinski definition) is 1. The fourth-order valence-electron chi connectivity index (χ4n) is 1.91. The van der Waals surface area contributed by atoms with Crippen LogP contribution in [-0.2, 0) is 11.2 Å². The molecule has 1 unspecified atom stereocenters. The third-order valence-corrected chi connectivity index (χ3v) is 2.88. The Morgan fingerprint density at radius 3 is 2.41 bits per heavy atom. The van der Waals surface area contributed by atoms with Crippen molar-refractivity contribution in [2.75, 3.05) is 14.2 Å². The van der Waals surface area contributed by atoms with Gasteiger partial charge in [-0.15, -0.1) is 0 Å². The lowest BCUT2D eigenvalue weighted by molar-refractivity contribution is -0.138. The molecule has 0 radical (unpaired) electrons. The van der Waals surface area contributed by atoms with E-state index < -0.39 is 11.9 Å². The van der Waals surface area contributed by atoms with E-state index in [0.29, 0.717) is 17.9 Å². The number of benzene rings is 1. The minimum atomic E-state index is -0.841. The Bertz CT molecular complexity index is 412. The van der Waals surface area contributed by atoms with E-state index in [9.17, 15) is 4.79 Å². The molecule has 4 nitrogen and oxygen atoms in total. The van der Waals surface area contributed by atoms with Crippen LogP contribution in [0.5, 0.6) is 11.5 Å². The Kier molecular flexibility index (Phi) is 4.37. The molecular formula is C13H18O4. The molecule has 4 heteroatoms. The predicted octanol–water partition coefficient (Wildman–Crippen LogP) is 2.45. The molecule has 1 atom stereocenters. The number of aliphatic carboxylic acids is 1. The van der Waals surface area contributed by atoms with Crippen LogP contribution in [0.3, 0.4) is 0 Å². The molecule has 0 aliphatic heterocycles. The summed E-state index contributed by atoms with van der Waals surface area (Å²) in [5, 5.41) is 9.07. The van der Waals surface area contributed by atoms with Crippen molar-refractivity contribution in [2.24, 2.45) is 0 Å². The van der Waals surface area contributed by atoms with Gasteiger partial charge in [-0.3, -0.25) is 4.79 Å². The van der Waals surface area contributed by atoms with Crippen molar-refractivity contribution in [2.45, 2.75) is 26.2 Å². The SMILES string of the molecule is CCc1c(C(C)C(=O)O)ccc(OC)c1OC. The van der Waals surface area contributed by atoms with Gasteiger partial charge in [0.25, 0.3) is 0 Å². The first-order valence-electron chi connectivity index (χ1n) is 5.53. The van der Waals surface area contributed by atoms with Crippen molar-refractivity contribution in [3.63, 3.8) is 0 Å². The van der Waals surface area contributed by atoms with E-state index in [2.05, 4.69) is 0 Å². The maximum Gasteiger partial charge on any atom is 0.310 e. The maximum absolute atomic E-state index is 11.0. The van der Waals surface area contributed by atoms with Crippen molar-refractivity contribution >= 4 is 5.97 Å². The fraction of sp³-hybridized carbons (Fsp3) is 0.462. The molecule has 1 aromatic rings. The Morgan fingerprint density at radius 1 is 1.35 bits per heavy atom. The van der Waals surface area contributed by atoms with Crippen LogP contribution in [0.1, 0.15) is 30.9 Å². The first-order valence-corrected chi connectivity index (χ1v) is 5.53. The van der Waals surface area contributed by atoms with Crippen molar-refractivity contribution in [1.82, 2.24) is 0 Å². The Hall–Kier alpha value is -1.71. The molecule has 94 valence electrons. The van der Waals surface area contributed by atoms with E-state index in [4.69, 9.17) is 14.6 Å². The molecule has 1 N–H and O–H groups in total. The van der Waals surface area contributed by atoms with Gasteiger partial charge in [0.05, 0.1) is 20.1 Å². The van der Waals surface area contributed by atoms with Gasteiger partial charge >= 0.3 is 5.97 Å². The zero-order valence-corrected chi connectivity index (χ0v) is 10.6. The third-order valence-electron chi connectivity index (χ3n) is 2.88. The first kappa shape index (κ1) is 13.4. The standard InChI is InChI=1S/C13H18O4/c1-5-9-10(8(2)13(14)15)6-7-11(16-3)12(9)17-4/h6-8H,5H2,1-4H3,(H,14,15). The highest BCUT2D eigenvalue weighted by molar-refractivity contribution is 5.77. The smallest absolute Gasteiger partial charge is 0.310 e. The number of methoxy groups -OCH3 is 2. The summed E-state index contributed by atoms with van der Waals surface area (Å²) in [6.07, 6.45) is 0.702. The lowest BCUT2D eigenvalue weighted by atomic mass is 9.93. The summed E-state index contributed by atoms with van der Waals surface area (Å²) in [6.45, 7) is 3.64. The fourth-order valence-corrected chi connectivity index (χ4v) is 1.91. The van der Waals surface area contributed by atoms with E-state index in [-0.39, 0.29) is 0 Å². The second-order valence-electron chi connectivity index (χ2n) is 3.78. The first-order chi connectivity index (χ1) is 8.06. The zero-order chi connectivity index (χ0) is 13.0. The molecule has 0 saturated heterocycles. The van der Waals surface area contributed by atoms with E-state index >= 15 is 0 Å². The molecule has 0 aliphatic rings. The highest BCUT2D eigenvalue weighted by Crippen LogP contribution is 2.36. The quantitative estimate of drug-likeness (QED) is 0.856. The summed E-state index contributed by atoms with van der Waals surface area (Å²) in [5.41, 5.74) is 1.67. The monoisotopic (exact) mass is 238 g/mol. The molecule has 1 aromatic carbocycles. The van der Waals surface area contributed by atoms with E-state index in [1.54, 1.807) is 33.3 Å². The van der Waals surface area contributed by atoms with E-state index in [1.807, 2.05) is 6.92 Å². The highest BCUT2D eigenvalue weighted by atomic mass is 16.5. The van der Waals surface area contributed by atoms with Crippen LogP contribution in [-0.4, -0.2) is 25.3 Å². The summed E-state index contributed by atoms with van der Waals surface area (Å²) >= 11 is 0.